The van der Waals surface area contributed by atoms with Crippen molar-refractivity contribution in [1.29, 1.82) is 0 Å². The number of hydrogen-bond acceptors (Lipinski definition) is 5. The van der Waals surface area contributed by atoms with Gasteiger partial charge in [-0.3, -0.25) is 4.90 Å². The molecule has 0 spiro atoms. The quantitative estimate of drug-likeness (QED) is 0.779. The molecule has 1 aromatic heterocycles. The Labute approximate surface area is 125 Å². The van der Waals surface area contributed by atoms with E-state index in [0.29, 0.717) is 12.6 Å². The number of fused-ring (bicyclic) bond motifs is 1. The van der Waals surface area contributed by atoms with Gasteiger partial charge in [0.15, 0.2) is 0 Å². The molecule has 3 heterocycles. The van der Waals surface area contributed by atoms with Crippen LogP contribution in [0, 0.1) is 13.8 Å². The van der Waals surface area contributed by atoms with E-state index in [1.54, 1.807) is 6.08 Å². The van der Waals surface area contributed by atoms with Crippen molar-refractivity contribution < 1.29 is 14.0 Å². The van der Waals surface area contributed by atoms with E-state index in [2.05, 4.69) is 16.6 Å². The highest BCUT2D eigenvalue weighted by atomic mass is 16.5. The maximum atomic E-state index is 5.98. The number of likely N-dealkylation sites (tertiary alicyclic amines) is 1. The maximum Gasteiger partial charge on any atom is 0.138 e. The van der Waals surface area contributed by atoms with Crippen molar-refractivity contribution in [2.24, 2.45) is 0 Å². The van der Waals surface area contributed by atoms with Gasteiger partial charge in [-0.15, -0.1) is 6.58 Å². The second-order valence-corrected chi connectivity index (χ2v) is 5.94. The van der Waals surface area contributed by atoms with Crippen LogP contribution < -0.4 is 0 Å². The normalized spacial score (nSPS) is 29.5. The average molecular weight is 292 g/mol. The summed E-state index contributed by atoms with van der Waals surface area (Å²) in [5, 5.41) is 4.05. The number of rotatable bonds is 5. The van der Waals surface area contributed by atoms with Gasteiger partial charge in [0.05, 0.1) is 18.4 Å². The molecule has 3 atom stereocenters. The summed E-state index contributed by atoms with van der Waals surface area (Å²) in [5.74, 6) is 0.913. The fraction of sp³-hybridized carbons (Fsp3) is 0.688. The third-order valence-electron chi connectivity index (χ3n) is 4.55. The summed E-state index contributed by atoms with van der Waals surface area (Å²) in [6.45, 7) is 10.9. The van der Waals surface area contributed by atoms with Crippen molar-refractivity contribution in [2.45, 2.75) is 51.5 Å². The minimum Gasteiger partial charge on any atom is -0.374 e. The Kier molecular flexibility index (Phi) is 4.42. The molecule has 2 saturated heterocycles. The van der Waals surface area contributed by atoms with E-state index in [0.717, 1.165) is 37.6 Å². The zero-order valence-electron chi connectivity index (χ0n) is 12.9. The molecule has 2 aliphatic heterocycles. The molecule has 2 fully saturated rings. The Morgan fingerprint density at radius 2 is 2.33 bits per heavy atom. The molecular formula is C16H24N2O3. The molecule has 0 unspecified atom stereocenters. The molecular weight excluding hydrogens is 268 g/mol. The molecule has 3 rings (SSSR count). The summed E-state index contributed by atoms with van der Waals surface area (Å²) in [6, 6.07) is 0.433. The summed E-state index contributed by atoms with van der Waals surface area (Å²) in [7, 11) is 0. The smallest absolute Gasteiger partial charge is 0.138 e. The lowest BCUT2D eigenvalue weighted by molar-refractivity contribution is -0.0721. The first kappa shape index (κ1) is 14.8. The van der Waals surface area contributed by atoms with Crippen LogP contribution in [0.4, 0.5) is 0 Å². The van der Waals surface area contributed by atoms with Gasteiger partial charge in [0.25, 0.3) is 0 Å². The zero-order chi connectivity index (χ0) is 14.8. The van der Waals surface area contributed by atoms with E-state index < -0.39 is 0 Å². The highest BCUT2D eigenvalue weighted by Crippen LogP contribution is 2.32. The van der Waals surface area contributed by atoms with Crippen molar-refractivity contribution >= 4 is 0 Å². The Bertz CT molecular complexity index is 480. The standard InChI is InChI=1S/C16H24N2O3/c1-4-7-19-15-10-18(14-6-5-8-20-16(14)15)9-13-11(2)17-21-12(13)3/h4,14-16H,1,5-10H2,2-3H3/t14-,15+,16+/m1/s1. The Morgan fingerprint density at radius 1 is 1.48 bits per heavy atom. The van der Waals surface area contributed by atoms with Crippen molar-refractivity contribution in [1.82, 2.24) is 10.1 Å². The van der Waals surface area contributed by atoms with E-state index in [9.17, 15) is 0 Å². The number of aryl methyl sites for hydroxylation is 2. The molecule has 0 N–H and O–H groups in total. The van der Waals surface area contributed by atoms with Crippen LogP contribution in [0.15, 0.2) is 17.2 Å². The molecule has 0 bridgehead atoms. The zero-order valence-corrected chi connectivity index (χ0v) is 12.9. The van der Waals surface area contributed by atoms with Crippen molar-refractivity contribution in [2.75, 3.05) is 19.8 Å². The van der Waals surface area contributed by atoms with Gasteiger partial charge in [0.2, 0.25) is 0 Å². The van der Waals surface area contributed by atoms with Gasteiger partial charge >= 0.3 is 0 Å². The predicted octanol–water partition coefficient (Wildman–Crippen LogP) is 2.23. The van der Waals surface area contributed by atoms with E-state index in [-0.39, 0.29) is 12.2 Å². The third-order valence-corrected chi connectivity index (χ3v) is 4.55. The third kappa shape index (κ3) is 2.91. The van der Waals surface area contributed by atoms with Crippen LogP contribution in [0.5, 0.6) is 0 Å². The van der Waals surface area contributed by atoms with Gasteiger partial charge in [-0.1, -0.05) is 11.2 Å². The van der Waals surface area contributed by atoms with Gasteiger partial charge < -0.3 is 14.0 Å². The molecule has 116 valence electrons. The average Bonchev–Trinajstić information content (AvgIpc) is 3.01. The molecule has 0 saturated carbocycles. The molecule has 0 aromatic carbocycles. The molecule has 0 aliphatic carbocycles. The van der Waals surface area contributed by atoms with E-state index >= 15 is 0 Å². The van der Waals surface area contributed by atoms with Gasteiger partial charge in [-0.2, -0.15) is 0 Å². The highest BCUT2D eigenvalue weighted by molar-refractivity contribution is 5.21. The molecule has 0 radical (unpaired) electrons. The Morgan fingerprint density at radius 3 is 3.05 bits per heavy atom. The van der Waals surface area contributed by atoms with Crippen molar-refractivity contribution in [3.8, 4) is 0 Å². The molecule has 5 nitrogen and oxygen atoms in total. The Balaban J connectivity index is 1.74. The van der Waals surface area contributed by atoms with Gasteiger partial charge in [-0.05, 0) is 26.7 Å². The number of aromatic nitrogens is 1. The van der Waals surface area contributed by atoms with Gasteiger partial charge in [0.1, 0.15) is 11.9 Å². The van der Waals surface area contributed by atoms with Crippen LogP contribution in [0.2, 0.25) is 0 Å². The first-order chi connectivity index (χ1) is 10.2. The summed E-state index contributed by atoms with van der Waals surface area (Å²) in [4.78, 5) is 2.46. The van der Waals surface area contributed by atoms with Crippen LogP contribution >= 0.6 is 0 Å². The van der Waals surface area contributed by atoms with Crippen LogP contribution in [0.25, 0.3) is 0 Å². The van der Waals surface area contributed by atoms with Crippen LogP contribution in [-0.2, 0) is 16.0 Å². The van der Waals surface area contributed by atoms with Gasteiger partial charge in [-0.25, -0.2) is 0 Å². The van der Waals surface area contributed by atoms with E-state index in [1.807, 2.05) is 13.8 Å². The van der Waals surface area contributed by atoms with E-state index in [1.165, 1.54) is 12.0 Å². The molecule has 2 aliphatic rings. The summed E-state index contributed by atoms with van der Waals surface area (Å²) >= 11 is 0. The predicted molar refractivity (Wildman–Crippen MR) is 79.1 cm³/mol. The fourth-order valence-electron chi connectivity index (χ4n) is 3.45. The highest BCUT2D eigenvalue weighted by Gasteiger charge is 2.44. The van der Waals surface area contributed by atoms with Crippen LogP contribution in [-0.4, -0.2) is 48.1 Å². The monoisotopic (exact) mass is 292 g/mol. The minimum atomic E-state index is 0.133. The van der Waals surface area contributed by atoms with Crippen molar-refractivity contribution in [3.05, 3.63) is 29.7 Å². The molecule has 21 heavy (non-hydrogen) atoms. The number of nitrogens with zero attached hydrogens (tertiary/aromatic N) is 2. The van der Waals surface area contributed by atoms with Crippen molar-refractivity contribution in [3.63, 3.8) is 0 Å². The van der Waals surface area contributed by atoms with Crippen LogP contribution in [0.3, 0.4) is 0 Å². The topological polar surface area (TPSA) is 47.7 Å². The van der Waals surface area contributed by atoms with Crippen LogP contribution in [0.1, 0.15) is 29.9 Å². The number of ether oxygens (including phenoxy) is 2. The van der Waals surface area contributed by atoms with Gasteiger partial charge in [0, 0.05) is 31.3 Å². The molecule has 1 aromatic rings. The molecule has 0 amide bonds. The summed E-state index contributed by atoms with van der Waals surface area (Å²) in [5.41, 5.74) is 2.18. The maximum absolute atomic E-state index is 5.98. The fourth-order valence-corrected chi connectivity index (χ4v) is 3.45. The lowest BCUT2D eigenvalue weighted by atomic mass is 10.0. The second kappa shape index (κ2) is 6.30. The first-order valence-corrected chi connectivity index (χ1v) is 7.70. The van der Waals surface area contributed by atoms with E-state index in [4.69, 9.17) is 14.0 Å². The SMILES string of the molecule is C=CCO[C@H]1CN(Cc2c(C)noc2C)[C@@H]2CCCO[C@H]12. The summed E-state index contributed by atoms with van der Waals surface area (Å²) in [6.07, 6.45) is 4.40. The second-order valence-electron chi connectivity index (χ2n) is 5.94. The Hall–Kier alpha value is -1.17. The lowest BCUT2D eigenvalue weighted by Crippen LogP contribution is -2.41. The number of hydrogen-bond donors (Lipinski definition) is 0. The largest absolute Gasteiger partial charge is 0.374 e. The minimum absolute atomic E-state index is 0.133. The summed E-state index contributed by atoms with van der Waals surface area (Å²) < 4.78 is 17.2. The first-order valence-electron chi connectivity index (χ1n) is 7.70. The lowest BCUT2D eigenvalue weighted by Gasteiger charge is -2.32. The molecule has 5 heteroatoms.